The second-order valence-electron chi connectivity index (χ2n) is 6.96. The van der Waals surface area contributed by atoms with Crippen LogP contribution in [0.4, 0.5) is 18.9 Å². The smallest absolute Gasteiger partial charge is 0.275 e. The van der Waals surface area contributed by atoms with Crippen molar-refractivity contribution in [1.82, 2.24) is 14.7 Å². The molecule has 2 atom stereocenters. The zero-order chi connectivity index (χ0) is 21.7. The Morgan fingerprint density at radius 2 is 2.03 bits per heavy atom. The van der Waals surface area contributed by atoms with Crippen molar-refractivity contribution in [1.29, 1.82) is 0 Å². The average molecular weight is 494 g/mol. The van der Waals surface area contributed by atoms with Gasteiger partial charge < -0.3 is 10.2 Å². The van der Waals surface area contributed by atoms with Crippen LogP contribution in [0.25, 0.3) is 0 Å². The van der Waals surface area contributed by atoms with Crippen molar-refractivity contribution in [3.05, 3.63) is 44.9 Å². The van der Waals surface area contributed by atoms with Gasteiger partial charge in [-0.05, 0) is 28.1 Å². The topological polar surface area (TPSA) is 67.2 Å². The van der Waals surface area contributed by atoms with Crippen molar-refractivity contribution in [2.45, 2.75) is 18.8 Å². The van der Waals surface area contributed by atoms with Crippen molar-refractivity contribution in [2.75, 3.05) is 18.9 Å². The van der Waals surface area contributed by atoms with Crippen LogP contribution in [0.5, 0.6) is 0 Å². The van der Waals surface area contributed by atoms with E-state index >= 15 is 0 Å². The minimum atomic E-state index is -3.53. The predicted octanol–water partition coefficient (Wildman–Crippen LogP) is 3.90. The van der Waals surface area contributed by atoms with Gasteiger partial charge >= 0.3 is 0 Å². The van der Waals surface area contributed by atoms with Crippen LogP contribution in [0.2, 0.25) is 5.15 Å². The van der Waals surface area contributed by atoms with Crippen molar-refractivity contribution >= 4 is 45.0 Å². The predicted molar refractivity (Wildman–Crippen MR) is 104 cm³/mol. The Hall–Kier alpha value is -2.07. The van der Waals surface area contributed by atoms with Gasteiger partial charge in [0.15, 0.2) is 5.15 Å². The largest absolute Gasteiger partial charge is 0.344 e. The number of aryl methyl sites for hydroxylation is 1. The Labute approximate surface area is 178 Å². The normalized spacial score (nSPS) is 19.7. The Bertz CT molecular complexity index is 992. The van der Waals surface area contributed by atoms with Gasteiger partial charge in [0.25, 0.3) is 5.92 Å². The molecule has 1 aromatic carbocycles. The molecule has 2 aromatic rings. The molecule has 0 aliphatic carbocycles. The highest BCUT2D eigenvalue weighted by Crippen LogP contribution is 2.40. The molecule has 156 valence electrons. The summed E-state index contributed by atoms with van der Waals surface area (Å²) in [6.45, 7) is 0.735. The summed E-state index contributed by atoms with van der Waals surface area (Å²) in [5.41, 5.74) is -0.799. The summed E-state index contributed by atoms with van der Waals surface area (Å²) in [5.74, 6) is -7.83. The maximum absolute atomic E-state index is 14.0. The highest BCUT2D eigenvalue weighted by atomic mass is 79.9. The van der Waals surface area contributed by atoms with Gasteiger partial charge in [0.2, 0.25) is 11.8 Å². The maximum Gasteiger partial charge on any atom is 0.275 e. The van der Waals surface area contributed by atoms with E-state index in [9.17, 15) is 22.8 Å². The van der Waals surface area contributed by atoms with E-state index in [1.807, 2.05) is 0 Å². The second kappa shape index (κ2) is 7.64. The first-order valence-electron chi connectivity index (χ1n) is 8.54. The van der Waals surface area contributed by atoms with Gasteiger partial charge in [-0.1, -0.05) is 17.7 Å². The van der Waals surface area contributed by atoms with Crippen molar-refractivity contribution in [2.24, 2.45) is 13.0 Å². The number of carbonyl (C=O) groups excluding carboxylic acids is 2. The highest BCUT2D eigenvalue weighted by Gasteiger charge is 2.47. The van der Waals surface area contributed by atoms with Crippen LogP contribution < -0.4 is 5.32 Å². The molecule has 0 unspecified atom stereocenters. The Kier molecular flexibility index (Phi) is 5.70. The molecule has 1 aromatic heterocycles. The molecule has 2 heterocycles. The van der Waals surface area contributed by atoms with Gasteiger partial charge in [0, 0.05) is 33.5 Å². The average Bonchev–Trinajstić information content (AvgIpc) is 3.01. The zero-order valence-electron chi connectivity index (χ0n) is 15.6. The molecule has 1 saturated heterocycles. The van der Waals surface area contributed by atoms with Gasteiger partial charge in [-0.2, -0.15) is 5.10 Å². The molecular formula is C18H17BrClF3N4O2. The number of likely N-dealkylation sites (tertiary alicyclic amines) is 1. The number of halogens is 5. The van der Waals surface area contributed by atoms with Crippen LogP contribution in [0.1, 0.15) is 24.1 Å². The second-order valence-corrected chi connectivity index (χ2v) is 8.11. The lowest BCUT2D eigenvalue weighted by atomic mass is 9.91. The standard InChI is InChI=1S/C18H17BrClF3N4O2/c1-18(22,23)12-9(21)5-4-6-10(12)24-16(28)11-8(7-26(2)17(11)29)14-13(19)15(20)25-27(14)3/h4-6,8,11H,7H2,1-3H3,(H,24,28)/t8-,11-/m0/s1. The van der Waals surface area contributed by atoms with Crippen LogP contribution in [-0.4, -0.2) is 40.1 Å². The first-order valence-corrected chi connectivity index (χ1v) is 9.71. The summed E-state index contributed by atoms with van der Waals surface area (Å²) < 4.78 is 43.7. The van der Waals surface area contributed by atoms with E-state index < -0.39 is 41.0 Å². The molecule has 1 N–H and O–H groups in total. The van der Waals surface area contributed by atoms with E-state index in [0.29, 0.717) is 17.1 Å². The molecule has 6 nitrogen and oxygen atoms in total. The van der Waals surface area contributed by atoms with Gasteiger partial charge in [-0.3, -0.25) is 14.3 Å². The number of carbonyl (C=O) groups is 2. The molecule has 0 saturated carbocycles. The lowest BCUT2D eigenvalue weighted by molar-refractivity contribution is -0.135. The summed E-state index contributed by atoms with van der Waals surface area (Å²) in [5, 5.41) is 6.55. The zero-order valence-corrected chi connectivity index (χ0v) is 18.0. The van der Waals surface area contributed by atoms with Crippen LogP contribution in [0, 0.1) is 11.7 Å². The monoisotopic (exact) mass is 492 g/mol. The molecule has 3 rings (SSSR count). The number of rotatable bonds is 4. The third kappa shape index (κ3) is 3.87. The molecule has 0 bridgehead atoms. The van der Waals surface area contributed by atoms with Crippen molar-refractivity contribution in [3.63, 3.8) is 0 Å². The number of amides is 2. The summed E-state index contributed by atoms with van der Waals surface area (Å²) in [4.78, 5) is 27.0. The molecule has 1 aliphatic rings. The van der Waals surface area contributed by atoms with Gasteiger partial charge in [0.05, 0.1) is 21.4 Å². The molecule has 0 radical (unpaired) electrons. The van der Waals surface area contributed by atoms with E-state index in [2.05, 4.69) is 26.3 Å². The summed E-state index contributed by atoms with van der Waals surface area (Å²) >= 11 is 9.34. The maximum atomic E-state index is 14.0. The first-order chi connectivity index (χ1) is 13.4. The number of benzene rings is 1. The van der Waals surface area contributed by atoms with E-state index in [1.165, 1.54) is 28.8 Å². The Morgan fingerprint density at radius 1 is 1.38 bits per heavy atom. The molecule has 29 heavy (non-hydrogen) atoms. The van der Waals surface area contributed by atoms with E-state index in [-0.39, 0.29) is 17.4 Å². The Morgan fingerprint density at radius 3 is 2.59 bits per heavy atom. The van der Waals surface area contributed by atoms with E-state index in [1.54, 1.807) is 7.05 Å². The van der Waals surface area contributed by atoms with Crippen LogP contribution in [0.15, 0.2) is 22.7 Å². The molecule has 11 heteroatoms. The molecular weight excluding hydrogens is 477 g/mol. The number of anilines is 1. The minimum absolute atomic E-state index is 0.168. The number of alkyl halides is 2. The number of nitrogens with one attached hydrogen (secondary N) is 1. The first kappa shape index (κ1) is 21.6. The number of hydrogen-bond acceptors (Lipinski definition) is 3. The fraction of sp³-hybridized carbons (Fsp3) is 0.389. The van der Waals surface area contributed by atoms with Crippen LogP contribution in [-0.2, 0) is 22.6 Å². The lowest BCUT2D eigenvalue weighted by Crippen LogP contribution is -2.34. The number of nitrogens with zero attached hydrogens (tertiary/aromatic N) is 3. The van der Waals surface area contributed by atoms with Crippen molar-refractivity contribution in [3.8, 4) is 0 Å². The summed E-state index contributed by atoms with van der Waals surface area (Å²) in [6, 6.07) is 3.26. The quantitative estimate of drug-likeness (QED) is 0.657. The molecule has 2 amide bonds. The molecule has 0 spiro atoms. The lowest BCUT2D eigenvalue weighted by Gasteiger charge is -2.20. The number of aromatic nitrogens is 2. The fourth-order valence-corrected chi connectivity index (χ4v) is 4.44. The summed E-state index contributed by atoms with van der Waals surface area (Å²) in [7, 11) is 3.15. The van der Waals surface area contributed by atoms with Gasteiger partial charge in [-0.25, -0.2) is 13.2 Å². The van der Waals surface area contributed by atoms with E-state index in [4.69, 9.17) is 11.6 Å². The molecule has 1 aliphatic heterocycles. The van der Waals surface area contributed by atoms with Crippen LogP contribution >= 0.6 is 27.5 Å². The minimum Gasteiger partial charge on any atom is -0.344 e. The molecule has 1 fully saturated rings. The number of hydrogen-bond donors (Lipinski definition) is 1. The van der Waals surface area contributed by atoms with E-state index in [0.717, 1.165) is 6.07 Å². The summed E-state index contributed by atoms with van der Waals surface area (Å²) in [6.07, 6.45) is 0. The van der Waals surface area contributed by atoms with Gasteiger partial charge in [-0.15, -0.1) is 0 Å². The number of likely N-dealkylation sites (N-methyl/N-ethyl adjacent to an activating group) is 1. The third-order valence-corrected chi connectivity index (χ3v) is 6.13. The van der Waals surface area contributed by atoms with Crippen LogP contribution in [0.3, 0.4) is 0 Å². The highest BCUT2D eigenvalue weighted by molar-refractivity contribution is 9.10. The SMILES string of the molecule is CN1C[C@H](c2c(Br)c(Cl)nn2C)[C@@H](C(=O)Nc2cccc(F)c2C(C)(F)F)C1=O. The Balaban J connectivity index is 2.00. The fourth-order valence-electron chi connectivity index (χ4n) is 3.60. The van der Waals surface area contributed by atoms with Gasteiger partial charge in [0.1, 0.15) is 11.7 Å². The third-order valence-electron chi connectivity index (χ3n) is 4.85. The van der Waals surface area contributed by atoms with Crippen molar-refractivity contribution < 1.29 is 22.8 Å².